The minimum atomic E-state index is -2.34. The summed E-state index contributed by atoms with van der Waals surface area (Å²) in [4.78, 5) is 3.39. The topological polar surface area (TPSA) is 12.9 Å². The van der Waals surface area contributed by atoms with E-state index in [1.54, 1.807) is 0 Å². The molecule has 0 amide bonds. The molecule has 0 saturated heterocycles. The summed E-state index contributed by atoms with van der Waals surface area (Å²) < 4.78 is 35.5. The molecular weight excluding hydrogens is 155 g/mol. The second-order valence-electron chi connectivity index (χ2n) is 1.79. The van der Waals surface area contributed by atoms with E-state index >= 15 is 0 Å². The van der Waals surface area contributed by atoms with E-state index in [1.165, 1.54) is 24.4 Å². The van der Waals surface area contributed by atoms with E-state index in [0.29, 0.717) is 0 Å². The van der Waals surface area contributed by atoms with Gasteiger partial charge in [-0.05, 0) is 12.1 Å². The van der Waals surface area contributed by atoms with Crippen LogP contribution in [0.15, 0.2) is 30.5 Å². The Kier molecular flexibility index (Phi) is 2.25. The molecule has 0 radical (unpaired) electrons. The van der Waals surface area contributed by atoms with Crippen LogP contribution < -0.4 is 0 Å². The summed E-state index contributed by atoms with van der Waals surface area (Å²) in [6, 6.07) is 4.13. The summed E-state index contributed by atoms with van der Waals surface area (Å²) in [6.07, 6.45) is -1.10. The van der Waals surface area contributed by atoms with Gasteiger partial charge >= 0.3 is 6.08 Å². The van der Waals surface area contributed by atoms with Gasteiger partial charge < -0.3 is 0 Å². The molecule has 0 aliphatic rings. The van der Waals surface area contributed by atoms with Crippen LogP contribution in [0, 0.1) is 0 Å². The largest absolute Gasteiger partial charge is 0.307 e. The Balaban J connectivity index is 3.04. The average molecular weight is 159 g/mol. The molecule has 1 rings (SSSR count). The Labute approximate surface area is 61.2 Å². The molecule has 0 saturated carbocycles. The zero-order valence-electron chi connectivity index (χ0n) is 5.39. The van der Waals surface area contributed by atoms with Gasteiger partial charge in [-0.15, -0.1) is 0 Å². The number of halogens is 3. The monoisotopic (exact) mass is 159 g/mol. The van der Waals surface area contributed by atoms with Gasteiger partial charge in [0, 0.05) is 6.20 Å². The summed E-state index contributed by atoms with van der Waals surface area (Å²) in [7, 11) is 0. The number of hydrogen-bond acceptors (Lipinski definition) is 1. The van der Waals surface area contributed by atoms with E-state index < -0.39 is 11.9 Å². The van der Waals surface area contributed by atoms with E-state index in [0.717, 1.165) is 0 Å². The molecule has 0 aromatic carbocycles. The van der Waals surface area contributed by atoms with Gasteiger partial charge in [-0.2, -0.15) is 13.2 Å². The molecule has 11 heavy (non-hydrogen) atoms. The minimum absolute atomic E-state index is 0.340. The van der Waals surface area contributed by atoms with Crippen LogP contribution in [0.5, 0.6) is 0 Å². The highest BCUT2D eigenvalue weighted by Gasteiger charge is 2.07. The van der Waals surface area contributed by atoms with Crippen molar-refractivity contribution in [2.45, 2.75) is 0 Å². The van der Waals surface area contributed by atoms with Crippen LogP contribution in [0.25, 0.3) is 5.83 Å². The van der Waals surface area contributed by atoms with E-state index in [4.69, 9.17) is 0 Å². The molecule has 0 spiro atoms. The molecule has 0 fully saturated rings. The molecule has 4 heteroatoms. The molecule has 0 atom stereocenters. The maximum atomic E-state index is 12.3. The fraction of sp³-hybridized carbons (Fsp3) is 0. The van der Waals surface area contributed by atoms with E-state index in [9.17, 15) is 13.2 Å². The van der Waals surface area contributed by atoms with Crippen LogP contribution >= 0.6 is 0 Å². The van der Waals surface area contributed by atoms with Crippen LogP contribution in [-0.2, 0) is 0 Å². The maximum Gasteiger partial charge on any atom is 0.307 e. The Bertz CT molecular complexity index is 264. The van der Waals surface area contributed by atoms with Crippen LogP contribution in [0.1, 0.15) is 5.69 Å². The van der Waals surface area contributed by atoms with Crippen LogP contribution in [0.2, 0.25) is 0 Å². The zero-order valence-corrected chi connectivity index (χ0v) is 5.39. The van der Waals surface area contributed by atoms with Crippen molar-refractivity contribution in [1.82, 2.24) is 4.98 Å². The first-order valence-corrected chi connectivity index (χ1v) is 2.84. The van der Waals surface area contributed by atoms with Gasteiger partial charge in [-0.1, -0.05) is 6.07 Å². The van der Waals surface area contributed by atoms with Crippen molar-refractivity contribution in [2.75, 3.05) is 0 Å². The summed E-state index contributed by atoms with van der Waals surface area (Å²) in [5.74, 6) is -1.56. The molecule has 1 aromatic heterocycles. The highest BCUT2D eigenvalue weighted by Crippen LogP contribution is 2.18. The van der Waals surface area contributed by atoms with Crippen molar-refractivity contribution in [3.05, 3.63) is 36.2 Å². The highest BCUT2D eigenvalue weighted by atomic mass is 19.3. The Morgan fingerprint density at radius 3 is 2.36 bits per heavy atom. The van der Waals surface area contributed by atoms with Gasteiger partial charge in [0.25, 0.3) is 0 Å². The Hall–Kier alpha value is -1.32. The van der Waals surface area contributed by atoms with Crippen molar-refractivity contribution in [3.8, 4) is 0 Å². The molecule has 0 N–H and O–H groups in total. The van der Waals surface area contributed by atoms with Crippen LogP contribution in [0.4, 0.5) is 13.2 Å². The fourth-order valence-electron chi connectivity index (χ4n) is 0.589. The lowest BCUT2D eigenvalue weighted by Gasteiger charge is -1.92. The van der Waals surface area contributed by atoms with Gasteiger partial charge in [0.1, 0.15) is 5.69 Å². The van der Waals surface area contributed by atoms with Crippen molar-refractivity contribution in [2.24, 2.45) is 0 Å². The normalized spacial score (nSPS) is 9.36. The third-order valence-corrected chi connectivity index (χ3v) is 1.06. The fourth-order valence-corrected chi connectivity index (χ4v) is 0.589. The maximum absolute atomic E-state index is 12.3. The third-order valence-electron chi connectivity index (χ3n) is 1.06. The van der Waals surface area contributed by atoms with Crippen molar-refractivity contribution in [3.63, 3.8) is 0 Å². The molecule has 58 valence electrons. The predicted octanol–water partition coefficient (Wildman–Crippen LogP) is 2.62. The highest BCUT2D eigenvalue weighted by molar-refractivity contribution is 5.55. The SMILES string of the molecule is FC(F)=C(F)c1ccccn1. The molecule has 1 heterocycles. The summed E-state index contributed by atoms with van der Waals surface area (Å²) in [5, 5.41) is 0. The zero-order chi connectivity index (χ0) is 8.27. The van der Waals surface area contributed by atoms with Crippen molar-refractivity contribution < 1.29 is 13.2 Å². The molecule has 0 bridgehead atoms. The predicted molar refractivity (Wildman–Crippen MR) is 34.5 cm³/mol. The minimum Gasteiger partial charge on any atom is -0.254 e. The average Bonchev–Trinajstić information content (AvgIpc) is 2.05. The Morgan fingerprint density at radius 2 is 1.91 bits per heavy atom. The van der Waals surface area contributed by atoms with E-state index in [2.05, 4.69) is 4.98 Å². The van der Waals surface area contributed by atoms with Gasteiger partial charge in [-0.3, -0.25) is 4.98 Å². The number of rotatable bonds is 1. The Morgan fingerprint density at radius 1 is 1.18 bits per heavy atom. The molecule has 1 aromatic rings. The number of aromatic nitrogens is 1. The second-order valence-corrected chi connectivity index (χ2v) is 1.79. The molecule has 1 nitrogen and oxygen atoms in total. The molecular formula is C7H4F3N. The summed E-state index contributed by atoms with van der Waals surface area (Å²) >= 11 is 0. The van der Waals surface area contributed by atoms with Gasteiger partial charge in [0.2, 0.25) is 5.83 Å². The summed E-state index contributed by atoms with van der Waals surface area (Å²) in [5.41, 5.74) is -0.340. The molecule has 0 aliphatic carbocycles. The second kappa shape index (κ2) is 3.18. The van der Waals surface area contributed by atoms with E-state index in [-0.39, 0.29) is 5.69 Å². The lowest BCUT2D eigenvalue weighted by molar-refractivity contribution is 0.410. The first kappa shape index (κ1) is 7.78. The van der Waals surface area contributed by atoms with Crippen LogP contribution in [-0.4, -0.2) is 4.98 Å². The van der Waals surface area contributed by atoms with Gasteiger partial charge in [-0.25, -0.2) is 0 Å². The standard InChI is InChI=1S/C7H4F3N/c8-6(7(9)10)5-3-1-2-4-11-5/h1-4H. The molecule has 0 unspecified atom stereocenters. The van der Waals surface area contributed by atoms with E-state index in [1.807, 2.05) is 0 Å². The number of nitrogens with zero attached hydrogens (tertiary/aromatic N) is 1. The third kappa shape index (κ3) is 1.80. The molecule has 0 aliphatic heterocycles. The summed E-state index contributed by atoms with van der Waals surface area (Å²) in [6.45, 7) is 0. The van der Waals surface area contributed by atoms with Crippen molar-refractivity contribution in [1.29, 1.82) is 0 Å². The lowest BCUT2D eigenvalue weighted by atomic mass is 10.3. The first-order valence-electron chi connectivity index (χ1n) is 2.84. The lowest BCUT2D eigenvalue weighted by Crippen LogP contribution is -1.82. The van der Waals surface area contributed by atoms with Gasteiger partial charge in [0.05, 0.1) is 0 Å². The van der Waals surface area contributed by atoms with Crippen LogP contribution in [0.3, 0.4) is 0 Å². The smallest absolute Gasteiger partial charge is 0.254 e. The first-order chi connectivity index (χ1) is 5.22. The quantitative estimate of drug-likeness (QED) is 0.613. The van der Waals surface area contributed by atoms with Crippen molar-refractivity contribution >= 4 is 5.83 Å². The number of pyridine rings is 1. The van der Waals surface area contributed by atoms with Gasteiger partial charge in [0.15, 0.2) is 0 Å². The number of hydrogen-bond donors (Lipinski definition) is 0.